The third-order valence-corrected chi connectivity index (χ3v) is 3.40. The molecule has 0 atom stereocenters. The highest BCUT2D eigenvalue weighted by molar-refractivity contribution is 6.33. The molecule has 0 radical (unpaired) electrons. The second-order valence-electron chi connectivity index (χ2n) is 5.05. The molecule has 1 aromatic heterocycles. The van der Waals surface area contributed by atoms with E-state index in [4.69, 9.17) is 16.0 Å². The number of hydrazone groups is 1. The Morgan fingerprint density at radius 1 is 1.19 bits per heavy atom. The van der Waals surface area contributed by atoms with Crippen LogP contribution in [-0.4, -0.2) is 18.0 Å². The maximum absolute atomic E-state index is 12.7. The van der Waals surface area contributed by atoms with Crippen LogP contribution in [-0.2, 0) is 15.8 Å². The summed E-state index contributed by atoms with van der Waals surface area (Å²) in [6, 6.07) is 5.85. The molecule has 138 valence electrons. The summed E-state index contributed by atoms with van der Waals surface area (Å²) >= 11 is 5.78. The van der Waals surface area contributed by atoms with E-state index in [2.05, 4.69) is 15.8 Å². The van der Waals surface area contributed by atoms with Crippen LogP contribution in [0.25, 0.3) is 0 Å². The van der Waals surface area contributed by atoms with Crippen molar-refractivity contribution >= 4 is 35.3 Å². The summed E-state index contributed by atoms with van der Waals surface area (Å²) in [7, 11) is 0. The van der Waals surface area contributed by atoms with Crippen LogP contribution in [0.15, 0.2) is 46.1 Å². The molecule has 2 amide bonds. The summed E-state index contributed by atoms with van der Waals surface area (Å²) in [5.41, 5.74) is 1.08. The lowest BCUT2D eigenvalue weighted by Crippen LogP contribution is -2.21. The average Bonchev–Trinajstić information content (AvgIpc) is 3.07. The summed E-state index contributed by atoms with van der Waals surface area (Å²) in [6.45, 7) is 0. The average molecular weight is 388 g/mol. The third kappa shape index (κ3) is 5.92. The number of benzene rings is 1. The number of furan rings is 1. The quantitative estimate of drug-likeness (QED) is 0.583. The number of carbonyl (C=O) groups excluding carboxylic acids is 2. The van der Waals surface area contributed by atoms with Crippen LogP contribution in [0.5, 0.6) is 0 Å². The second-order valence-corrected chi connectivity index (χ2v) is 5.46. The molecule has 2 rings (SSSR count). The molecule has 0 aliphatic carbocycles. The molecule has 0 aliphatic heterocycles. The minimum Gasteiger partial charge on any atom is -0.463 e. The summed E-state index contributed by atoms with van der Waals surface area (Å²) in [5.74, 6) is -0.767. The first-order valence-electron chi connectivity index (χ1n) is 7.27. The summed E-state index contributed by atoms with van der Waals surface area (Å²) < 4.78 is 43.0. The van der Waals surface area contributed by atoms with Crippen molar-refractivity contribution in [3.8, 4) is 0 Å². The van der Waals surface area contributed by atoms with Gasteiger partial charge in [0.1, 0.15) is 5.76 Å². The summed E-state index contributed by atoms with van der Waals surface area (Å²) in [4.78, 5) is 23.4. The molecule has 26 heavy (non-hydrogen) atoms. The van der Waals surface area contributed by atoms with Crippen molar-refractivity contribution in [2.24, 2.45) is 5.10 Å². The van der Waals surface area contributed by atoms with Gasteiger partial charge in [-0.05, 0) is 30.3 Å². The fourth-order valence-electron chi connectivity index (χ4n) is 1.83. The normalized spacial score (nSPS) is 11.5. The van der Waals surface area contributed by atoms with E-state index in [1.807, 2.05) is 0 Å². The lowest BCUT2D eigenvalue weighted by Gasteiger charge is -2.11. The number of nitrogens with zero attached hydrogens (tertiary/aromatic N) is 1. The highest BCUT2D eigenvalue weighted by atomic mass is 35.5. The Balaban J connectivity index is 1.84. The zero-order chi connectivity index (χ0) is 19.2. The number of rotatable bonds is 6. The molecule has 2 N–H and O–H groups in total. The Morgan fingerprint density at radius 3 is 2.58 bits per heavy atom. The molecule has 0 spiro atoms. The zero-order valence-electron chi connectivity index (χ0n) is 13.1. The van der Waals surface area contributed by atoms with Gasteiger partial charge in [-0.1, -0.05) is 11.6 Å². The predicted molar refractivity (Wildman–Crippen MR) is 88.8 cm³/mol. The van der Waals surface area contributed by atoms with E-state index >= 15 is 0 Å². The molecule has 0 bridgehead atoms. The van der Waals surface area contributed by atoms with Crippen LogP contribution in [0.4, 0.5) is 18.9 Å². The minimum absolute atomic E-state index is 0.0427. The Bertz CT molecular complexity index is 805. The molecule has 0 aliphatic rings. The largest absolute Gasteiger partial charge is 0.463 e. The highest BCUT2D eigenvalue weighted by Crippen LogP contribution is 2.33. The lowest BCUT2D eigenvalue weighted by atomic mass is 10.2. The van der Waals surface area contributed by atoms with Gasteiger partial charge >= 0.3 is 6.18 Å². The molecule has 10 heteroatoms. The van der Waals surface area contributed by atoms with Crippen molar-refractivity contribution in [1.82, 2.24) is 5.43 Å². The van der Waals surface area contributed by atoms with Crippen LogP contribution in [0, 0.1) is 0 Å². The number of alkyl halides is 3. The van der Waals surface area contributed by atoms with Gasteiger partial charge in [-0.3, -0.25) is 9.59 Å². The van der Waals surface area contributed by atoms with Gasteiger partial charge in [0, 0.05) is 12.8 Å². The summed E-state index contributed by atoms with van der Waals surface area (Å²) in [5, 5.41) is 5.84. The van der Waals surface area contributed by atoms with Crippen molar-refractivity contribution in [3.05, 3.63) is 52.9 Å². The number of hydrogen-bond donors (Lipinski definition) is 2. The van der Waals surface area contributed by atoms with Crippen LogP contribution in [0.1, 0.15) is 24.2 Å². The van der Waals surface area contributed by atoms with Gasteiger partial charge in [0.25, 0.3) is 0 Å². The van der Waals surface area contributed by atoms with Crippen molar-refractivity contribution in [2.45, 2.75) is 19.0 Å². The monoisotopic (exact) mass is 387 g/mol. The van der Waals surface area contributed by atoms with Gasteiger partial charge in [0.2, 0.25) is 11.8 Å². The number of anilines is 1. The topological polar surface area (TPSA) is 83.7 Å². The SMILES string of the molecule is O=C(CCC(=O)Nc1cc(C(F)(F)F)ccc1Cl)N/N=C/c1ccco1. The van der Waals surface area contributed by atoms with Crippen LogP contribution >= 0.6 is 11.6 Å². The first-order valence-corrected chi connectivity index (χ1v) is 7.65. The molecule has 6 nitrogen and oxygen atoms in total. The van der Waals surface area contributed by atoms with Gasteiger partial charge in [-0.2, -0.15) is 18.3 Å². The van der Waals surface area contributed by atoms with Gasteiger partial charge in [0.15, 0.2) is 0 Å². The maximum atomic E-state index is 12.7. The highest BCUT2D eigenvalue weighted by Gasteiger charge is 2.31. The number of halogens is 4. The molecule has 0 unspecified atom stereocenters. The number of amides is 2. The molecule has 1 aromatic carbocycles. The minimum atomic E-state index is -4.56. The van der Waals surface area contributed by atoms with Crippen LogP contribution < -0.4 is 10.7 Å². The van der Waals surface area contributed by atoms with E-state index in [0.29, 0.717) is 5.76 Å². The first-order chi connectivity index (χ1) is 12.3. The van der Waals surface area contributed by atoms with Crippen LogP contribution in [0.3, 0.4) is 0 Å². The fraction of sp³-hybridized carbons (Fsp3) is 0.188. The smallest absolute Gasteiger partial charge is 0.416 e. The molecule has 1 heterocycles. The molecule has 0 fully saturated rings. The molecule has 2 aromatic rings. The number of hydrogen-bond acceptors (Lipinski definition) is 4. The Kier molecular flexibility index (Phi) is 6.40. The third-order valence-electron chi connectivity index (χ3n) is 3.07. The predicted octanol–water partition coefficient (Wildman–Crippen LogP) is 3.82. The van der Waals surface area contributed by atoms with Gasteiger partial charge in [0.05, 0.1) is 28.8 Å². The van der Waals surface area contributed by atoms with E-state index in [-0.39, 0.29) is 23.6 Å². The lowest BCUT2D eigenvalue weighted by molar-refractivity contribution is -0.137. The second kappa shape index (κ2) is 8.52. The van der Waals surface area contributed by atoms with E-state index in [1.165, 1.54) is 12.5 Å². The summed E-state index contributed by atoms with van der Waals surface area (Å²) in [6.07, 6.45) is -2.31. The first kappa shape index (κ1) is 19.5. The van der Waals surface area contributed by atoms with E-state index < -0.39 is 23.6 Å². The van der Waals surface area contributed by atoms with E-state index in [9.17, 15) is 22.8 Å². The molecule has 0 saturated heterocycles. The molecule has 0 saturated carbocycles. The Hall–Kier alpha value is -2.81. The van der Waals surface area contributed by atoms with Crippen molar-refractivity contribution in [3.63, 3.8) is 0 Å². The van der Waals surface area contributed by atoms with Crippen molar-refractivity contribution in [2.75, 3.05) is 5.32 Å². The fourth-order valence-corrected chi connectivity index (χ4v) is 1.99. The Labute approximate surface area is 151 Å². The van der Waals surface area contributed by atoms with E-state index in [0.717, 1.165) is 18.2 Å². The van der Waals surface area contributed by atoms with Gasteiger partial charge in [-0.25, -0.2) is 5.43 Å². The van der Waals surface area contributed by atoms with E-state index in [1.54, 1.807) is 12.1 Å². The van der Waals surface area contributed by atoms with Crippen molar-refractivity contribution in [1.29, 1.82) is 0 Å². The van der Waals surface area contributed by atoms with Crippen LogP contribution in [0.2, 0.25) is 5.02 Å². The zero-order valence-corrected chi connectivity index (χ0v) is 13.9. The maximum Gasteiger partial charge on any atom is 0.416 e. The Morgan fingerprint density at radius 2 is 1.92 bits per heavy atom. The van der Waals surface area contributed by atoms with Gasteiger partial charge in [-0.15, -0.1) is 0 Å². The standard InChI is InChI=1S/C16H13ClF3N3O3/c17-12-4-3-10(16(18,19)20)8-13(12)22-14(24)5-6-15(25)23-21-9-11-2-1-7-26-11/h1-4,7-9H,5-6H2,(H,22,24)(H,23,25)/b21-9+. The number of nitrogens with one attached hydrogen (secondary N) is 2. The molecular formula is C16H13ClF3N3O3. The molecular weight excluding hydrogens is 375 g/mol. The van der Waals surface area contributed by atoms with Gasteiger partial charge < -0.3 is 9.73 Å². The number of carbonyl (C=O) groups is 2. The van der Waals surface area contributed by atoms with Crippen molar-refractivity contribution < 1.29 is 27.2 Å².